The van der Waals surface area contributed by atoms with Crippen LogP contribution >= 0.6 is 0 Å². The van der Waals surface area contributed by atoms with E-state index in [1.165, 1.54) is 12.4 Å². The highest BCUT2D eigenvalue weighted by Gasteiger charge is 2.42. The number of aromatic carboxylic acids is 1. The van der Waals surface area contributed by atoms with Crippen LogP contribution < -0.4 is 4.90 Å². The summed E-state index contributed by atoms with van der Waals surface area (Å²) in [6.45, 7) is 1.66. The fourth-order valence-corrected chi connectivity index (χ4v) is 3.02. The van der Waals surface area contributed by atoms with Crippen molar-refractivity contribution in [1.82, 2.24) is 9.97 Å². The van der Waals surface area contributed by atoms with E-state index in [2.05, 4.69) is 14.9 Å². The van der Waals surface area contributed by atoms with Crippen molar-refractivity contribution in [2.24, 2.45) is 11.8 Å². The monoisotopic (exact) mass is 249 g/mol. The molecular weight excluding hydrogens is 234 g/mol. The Balaban J connectivity index is 1.75. The zero-order valence-corrected chi connectivity index (χ0v) is 9.86. The summed E-state index contributed by atoms with van der Waals surface area (Å²) < 4.78 is 0. The van der Waals surface area contributed by atoms with Crippen LogP contribution in [-0.4, -0.2) is 45.3 Å². The van der Waals surface area contributed by atoms with Crippen molar-refractivity contribution in [3.05, 3.63) is 18.1 Å². The number of fused-ring (bicyclic) bond motifs is 1. The van der Waals surface area contributed by atoms with E-state index in [0.29, 0.717) is 17.7 Å². The molecule has 6 nitrogen and oxygen atoms in total. The van der Waals surface area contributed by atoms with E-state index in [1.807, 2.05) is 0 Å². The molecule has 1 aromatic rings. The lowest BCUT2D eigenvalue weighted by Gasteiger charge is -2.18. The average molecular weight is 249 g/mol. The van der Waals surface area contributed by atoms with Crippen molar-refractivity contribution >= 4 is 11.8 Å². The minimum atomic E-state index is -1.07. The molecule has 1 saturated heterocycles. The van der Waals surface area contributed by atoms with Crippen molar-refractivity contribution in [3.63, 3.8) is 0 Å². The molecule has 0 amide bonds. The van der Waals surface area contributed by atoms with Gasteiger partial charge in [-0.1, -0.05) is 0 Å². The number of nitrogens with zero attached hydrogens (tertiary/aromatic N) is 3. The first-order valence-electron chi connectivity index (χ1n) is 6.13. The lowest BCUT2D eigenvalue weighted by molar-refractivity contribution is 0.0690. The van der Waals surface area contributed by atoms with E-state index in [0.717, 1.165) is 25.9 Å². The molecule has 0 aromatic carbocycles. The van der Waals surface area contributed by atoms with E-state index in [4.69, 9.17) is 5.11 Å². The van der Waals surface area contributed by atoms with Gasteiger partial charge >= 0.3 is 5.97 Å². The molecule has 2 aliphatic rings. The number of aromatic nitrogens is 2. The minimum absolute atomic E-state index is 0.0434. The van der Waals surface area contributed by atoms with Gasteiger partial charge in [-0.2, -0.15) is 0 Å². The Bertz CT molecular complexity index is 462. The van der Waals surface area contributed by atoms with Crippen LogP contribution in [0.2, 0.25) is 0 Å². The number of aliphatic hydroxyl groups excluding tert-OH is 1. The fraction of sp³-hybridized carbons (Fsp3) is 0.583. The predicted octanol–water partition coefficient (Wildman–Crippen LogP) is 0.382. The summed E-state index contributed by atoms with van der Waals surface area (Å²) >= 11 is 0. The maximum atomic E-state index is 10.7. The maximum Gasteiger partial charge on any atom is 0.356 e. The molecule has 1 aliphatic heterocycles. The lowest BCUT2D eigenvalue weighted by Crippen LogP contribution is -2.25. The van der Waals surface area contributed by atoms with Crippen LogP contribution in [-0.2, 0) is 0 Å². The molecule has 0 radical (unpaired) electrons. The Morgan fingerprint density at radius 1 is 1.28 bits per heavy atom. The summed E-state index contributed by atoms with van der Waals surface area (Å²) in [5, 5.41) is 18.6. The second-order valence-electron chi connectivity index (χ2n) is 5.04. The Kier molecular flexibility index (Phi) is 2.66. The van der Waals surface area contributed by atoms with Gasteiger partial charge in [0.15, 0.2) is 5.69 Å². The first-order chi connectivity index (χ1) is 8.65. The Labute approximate surface area is 104 Å². The predicted molar refractivity (Wildman–Crippen MR) is 63.4 cm³/mol. The third-order valence-electron chi connectivity index (χ3n) is 4.00. The standard InChI is InChI=1S/C12H15N3O3/c16-10-2-1-7-5-15(6-8(7)10)11-4-13-9(3-14-11)12(17)18/h3-4,7-8,10,16H,1-2,5-6H2,(H,17,18). The van der Waals surface area contributed by atoms with Gasteiger partial charge < -0.3 is 15.1 Å². The van der Waals surface area contributed by atoms with Crippen molar-refractivity contribution in [2.75, 3.05) is 18.0 Å². The molecule has 0 spiro atoms. The average Bonchev–Trinajstić information content (AvgIpc) is 2.92. The van der Waals surface area contributed by atoms with E-state index < -0.39 is 5.97 Å². The van der Waals surface area contributed by atoms with Crippen LogP contribution in [0.5, 0.6) is 0 Å². The first kappa shape index (κ1) is 11.4. The summed E-state index contributed by atoms with van der Waals surface area (Å²) in [5.41, 5.74) is -0.0434. The normalized spacial score (nSPS) is 30.5. The van der Waals surface area contributed by atoms with Gasteiger partial charge in [0, 0.05) is 19.0 Å². The van der Waals surface area contributed by atoms with E-state index in [1.54, 1.807) is 0 Å². The maximum absolute atomic E-state index is 10.7. The van der Waals surface area contributed by atoms with Gasteiger partial charge in [-0.15, -0.1) is 0 Å². The molecule has 3 unspecified atom stereocenters. The van der Waals surface area contributed by atoms with Crippen LogP contribution in [0.4, 0.5) is 5.82 Å². The van der Waals surface area contributed by atoms with Gasteiger partial charge in [-0.3, -0.25) is 0 Å². The molecule has 18 heavy (non-hydrogen) atoms. The van der Waals surface area contributed by atoms with Gasteiger partial charge in [0.05, 0.1) is 18.5 Å². The second-order valence-corrected chi connectivity index (χ2v) is 5.04. The molecule has 1 saturated carbocycles. The van der Waals surface area contributed by atoms with Gasteiger partial charge in [0.1, 0.15) is 5.82 Å². The van der Waals surface area contributed by atoms with Gasteiger partial charge in [0.2, 0.25) is 0 Å². The molecule has 1 aromatic heterocycles. The first-order valence-corrected chi connectivity index (χ1v) is 6.13. The summed E-state index contributed by atoms with van der Waals surface area (Å²) in [6.07, 6.45) is 4.53. The van der Waals surface area contributed by atoms with Crippen molar-refractivity contribution in [2.45, 2.75) is 18.9 Å². The quantitative estimate of drug-likeness (QED) is 0.788. The smallest absolute Gasteiger partial charge is 0.356 e. The summed E-state index contributed by atoms with van der Waals surface area (Å²) in [7, 11) is 0. The number of carbonyl (C=O) groups is 1. The molecule has 96 valence electrons. The largest absolute Gasteiger partial charge is 0.476 e. The van der Waals surface area contributed by atoms with Crippen molar-refractivity contribution < 1.29 is 15.0 Å². The molecule has 2 heterocycles. The molecule has 1 aliphatic carbocycles. The van der Waals surface area contributed by atoms with Crippen LogP contribution in [0.15, 0.2) is 12.4 Å². The molecular formula is C12H15N3O3. The molecule has 2 N–H and O–H groups in total. The summed E-state index contributed by atoms with van der Waals surface area (Å²) in [6, 6.07) is 0. The van der Waals surface area contributed by atoms with Crippen LogP contribution in [0.3, 0.4) is 0 Å². The zero-order chi connectivity index (χ0) is 12.7. The van der Waals surface area contributed by atoms with Gasteiger partial charge in [-0.05, 0) is 18.8 Å². The number of carboxylic acids is 1. The summed E-state index contributed by atoms with van der Waals surface area (Å²) in [5.74, 6) is 0.483. The molecule has 3 rings (SSSR count). The third-order valence-corrected chi connectivity index (χ3v) is 4.00. The second kappa shape index (κ2) is 4.20. The number of carboxylic acid groups (broad SMARTS) is 1. The highest BCUT2D eigenvalue weighted by Crippen LogP contribution is 2.39. The highest BCUT2D eigenvalue weighted by atomic mass is 16.4. The number of hydrogen-bond donors (Lipinski definition) is 2. The number of anilines is 1. The highest BCUT2D eigenvalue weighted by molar-refractivity contribution is 5.84. The zero-order valence-electron chi connectivity index (χ0n) is 9.86. The Morgan fingerprint density at radius 3 is 2.72 bits per heavy atom. The molecule has 2 fully saturated rings. The van der Waals surface area contributed by atoms with E-state index >= 15 is 0 Å². The molecule has 6 heteroatoms. The Morgan fingerprint density at radius 2 is 2.11 bits per heavy atom. The Hall–Kier alpha value is -1.69. The van der Waals surface area contributed by atoms with Gasteiger partial charge in [-0.25, -0.2) is 14.8 Å². The lowest BCUT2D eigenvalue weighted by atomic mass is 10.00. The molecule has 0 bridgehead atoms. The van der Waals surface area contributed by atoms with Crippen LogP contribution in [0.25, 0.3) is 0 Å². The minimum Gasteiger partial charge on any atom is -0.476 e. The van der Waals surface area contributed by atoms with E-state index in [9.17, 15) is 9.90 Å². The van der Waals surface area contributed by atoms with Crippen molar-refractivity contribution in [3.8, 4) is 0 Å². The van der Waals surface area contributed by atoms with E-state index in [-0.39, 0.29) is 11.8 Å². The van der Waals surface area contributed by atoms with Crippen LogP contribution in [0, 0.1) is 11.8 Å². The number of hydrogen-bond acceptors (Lipinski definition) is 5. The SMILES string of the molecule is O=C(O)c1cnc(N2CC3CCC(O)C3C2)cn1. The fourth-order valence-electron chi connectivity index (χ4n) is 3.02. The van der Waals surface area contributed by atoms with Gasteiger partial charge in [0.25, 0.3) is 0 Å². The van der Waals surface area contributed by atoms with Crippen LogP contribution in [0.1, 0.15) is 23.3 Å². The van der Waals surface area contributed by atoms with Crippen molar-refractivity contribution in [1.29, 1.82) is 0 Å². The molecule has 3 atom stereocenters. The number of rotatable bonds is 2. The summed E-state index contributed by atoms with van der Waals surface area (Å²) in [4.78, 5) is 20.8. The number of aliphatic hydroxyl groups is 1. The third kappa shape index (κ3) is 1.82. The topological polar surface area (TPSA) is 86.5 Å².